The van der Waals surface area contributed by atoms with Crippen LogP contribution in [-0.4, -0.2) is 54.7 Å². The number of piperazine rings is 1. The van der Waals surface area contributed by atoms with E-state index in [4.69, 9.17) is 5.26 Å². The summed E-state index contributed by atoms with van der Waals surface area (Å²) in [5.74, 6) is 0. The van der Waals surface area contributed by atoms with Crippen molar-refractivity contribution in [2.75, 3.05) is 32.8 Å². The van der Waals surface area contributed by atoms with Crippen LogP contribution in [0.2, 0.25) is 0 Å². The maximum Gasteiger partial charge on any atom is 0.0871 e. The number of nitriles is 1. The lowest BCUT2D eigenvalue weighted by Crippen LogP contribution is -2.56. The third-order valence-corrected chi connectivity index (χ3v) is 3.05. The molecule has 1 heterocycles. The summed E-state index contributed by atoms with van der Waals surface area (Å²) in [5, 5.41) is 19.1. The fraction of sp³-hybridized carbons (Fsp3) is 0.909. The first kappa shape index (κ1) is 12.4. The van der Waals surface area contributed by atoms with E-state index in [1.807, 2.05) is 0 Å². The molecule has 0 spiro atoms. The molecule has 1 fully saturated rings. The van der Waals surface area contributed by atoms with Gasteiger partial charge < -0.3 is 4.90 Å². The molecule has 0 N–H and O–H groups in total. The molecule has 0 amide bonds. The monoisotopic (exact) mass is 210 g/mol. The van der Waals surface area contributed by atoms with E-state index in [0.29, 0.717) is 18.6 Å². The number of rotatable bonds is 4. The van der Waals surface area contributed by atoms with Crippen LogP contribution in [0.1, 0.15) is 20.3 Å². The maximum absolute atomic E-state index is 10.4. The normalized spacial score (nSPS) is 28.9. The SMILES string of the molecule is C[C@@H]1CN(CCC[O])C[C@H](C)N1CC#N. The Labute approximate surface area is 92.1 Å². The lowest BCUT2D eigenvalue weighted by molar-refractivity contribution is 0.0437. The van der Waals surface area contributed by atoms with Gasteiger partial charge in [-0.25, -0.2) is 5.11 Å². The number of hydrogen-bond donors (Lipinski definition) is 0. The van der Waals surface area contributed by atoms with Gasteiger partial charge in [-0.1, -0.05) is 0 Å². The van der Waals surface area contributed by atoms with Gasteiger partial charge >= 0.3 is 0 Å². The summed E-state index contributed by atoms with van der Waals surface area (Å²) in [6.45, 7) is 7.68. The van der Waals surface area contributed by atoms with Crippen LogP contribution >= 0.6 is 0 Å². The summed E-state index contributed by atoms with van der Waals surface area (Å²) in [6, 6.07) is 3.05. The molecule has 0 aliphatic carbocycles. The smallest absolute Gasteiger partial charge is 0.0871 e. The largest absolute Gasteiger partial charge is 0.300 e. The molecule has 1 aliphatic rings. The molecular formula is C11H20N3O. The van der Waals surface area contributed by atoms with E-state index < -0.39 is 0 Å². The molecule has 0 saturated carbocycles. The van der Waals surface area contributed by atoms with E-state index in [1.54, 1.807) is 0 Å². The molecule has 0 unspecified atom stereocenters. The third-order valence-electron chi connectivity index (χ3n) is 3.05. The highest BCUT2D eigenvalue weighted by atomic mass is 16.3. The van der Waals surface area contributed by atoms with E-state index in [9.17, 15) is 5.11 Å². The van der Waals surface area contributed by atoms with Crippen molar-refractivity contribution in [3.63, 3.8) is 0 Å². The van der Waals surface area contributed by atoms with Gasteiger partial charge in [-0.05, 0) is 20.3 Å². The quantitative estimate of drug-likeness (QED) is 0.643. The average molecular weight is 210 g/mol. The predicted octanol–water partition coefficient (Wildman–Crippen LogP) is 0.725. The maximum atomic E-state index is 10.4. The van der Waals surface area contributed by atoms with E-state index in [0.717, 1.165) is 26.1 Å². The standard InChI is InChI=1S/C11H20N3O/c1-10-8-13(5-3-7-15)9-11(2)14(10)6-4-12/h10-11H,3,5-9H2,1-2H3/t10-,11+. The van der Waals surface area contributed by atoms with Crippen LogP contribution in [0.3, 0.4) is 0 Å². The summed E-state index contributed by atoms with van der Waals surface area (Å²) in [5.41, 5.74) is 0. The Bertz CT molecular complexity index is 214. The van der Waals surface area contributed by atoms with Crippen molar-refractivity contribution in [3.05, 3.63) is 0 Å². The second-order valence-electron chi connectivity index (χ2n) is 4.35. The van der Waals surface area contributed by atoms with Gasteiger partial charge in [0, 0.05) is 31.7 Å². The van der Waals surface area contributed by atoms with Crippen molar-refractivity contribution in [1.29, 1.82) is 5.26 Å². The molecule has 1 aliphatic heterocycles. The van der Waals surface area contributed by atoms with Crippen LogP contribution < -0.4 is 0 Å². The van der Waals surface area contributed by atoms with Crippen LogP contribution in [0.25, 0.3) is 0 Å². The first-order valence-electron chi connectivity index (χ1n) is 5.62. The van der Waals surface area contributed by atoms with E-state index in [-0.39, 0.29) is 6.61 Å². The van der Waals surface area contributed by atoms with Crippen molar-refractivity contribution in [2.24, 2.45) is 0 Å². The molecule has 15 heavy (non-hydrogen) atoms. The zero-order valence-electron chi connectivity index (χ0n) is 9.65. The molecule has 85 valence electrons. The van der Waals surface area contributed by atoms with Gasteiger partial charge in [0.05, 0.1) is 19.2 Å². The van der Waals surface area contributed by atoms with Gasteiger partial charge in [0.2, 0.25) is 0 Å². The summed E-state index contributed by atoms with van der Waals surface area (Å²) >= 11 is 0. The topological polar surface area (TPSA) is 50.2 Å². The molecule has 4 nitrogen and oxygen atoms in total. The molecule has 0 aromatic heterocycles. The van der Waals surface area contributed by atoms with Gasteiger partial charge in [0.15, 0.2) is 0 Å². The minimum atomic E-state index is 0.0151. The molecule has 0 bridgehead atoms. The highest BCUT2D eigenvalue weighted by molar-refractivity contribution is 4.89. The average Bonchev–Trinajstić information content (AvgIpc) is 2.20. The zero-order valence-corrected chi connectivity index (χ0v) is 9.65. The van der Waals surface area contributed by atoms with Gasteiger partial charge in [0.25, 0.3) is 0 Å². The molecule has 1 rings (SSSR count). The molecule has 1 saturated heterocycles. The Morgan fingerprint density at radius 3 is 2.40 bits per heavy atom. The zero-order chi connectivity index (χ0) is 11.3. The molecule has 4 heteroatoms. The molecular weight excluding hydrogens is 190 g/mol. The van der Waals surface area contributed by atoms with Gasteiger partial charge in [0.1, 0.15) is 0 Å². The summed E-state index contributed by atoms with van der Waals surface area (Å²) in [6.07, 6.45) is 0.734. The second-order valence-corrected chi connectivity index (χ2v) is 4.35. The summed E-state index contributed by atoms with van der Waals surface area (Å²) in [4.78, 5) is 4.56. The number of hydrogen-bond acceptors (Lipinski definition) is 3. The fourth-order valence-electron chi connectivity index (χ4n) is 2.33. The second kappa shape index (κ2) is 6.06. The van der Waals surface area contributed by atoms with Crippen LogP contribution in [0.5, 0.6) is 0 Å². The first-order chi connectivity index (χ1) is 7.19. The van der Waals surface area contributed by atoms with Crippen LogP contribution in [0, 0.1) is 11.3 Å². The summed E-state index contributed by atoms with van der Waals surface area (Å²) < 4.78 is 0. The molecule has 2 atom stereocenters. The van der Waals surface area contributed by atoms with Crippen molar-refractivity contribution in [1.82, 2.24) is 9.80 Å². The fourth-order valence-corrected chi connectivity index (χ4v) is 2.33. The lowest BCUT2D eigenvalue weighted by Gasteiger charge is -2.43. The summed E-state index contributed by atoms with van der Waals surface area (Å²) in [7, 11) is 0. The highest BCUT2D eigenvalue weighted by Crippen LogP contribution is 2.14. The van der Waals surface area contributed by atoms with Crippen molar-refractivity contribution < 1.29 is 5.11 Å². The van der Waals surface area contributed by atoms with Crippen LogP contribution in [-0.2, 0) is 5.11 Å². The molecule has 1 radical (unpaired) electrons. The minimum Gasteiger partial charge on any atom is -0.300 e. The van der Waals surface area contributed by atoms with Crippen LogP contribution in [0.15, 0.2) is 0 Å². The molecule has 0 aromatic carbocycles. The van der Waals surface area contributed by atoms with Crippen molar-refractivity contribution in [2.45, 2.75) is 32.4 Å². The Morgan fingerprint density at radius 1 is 1.33 bits per heavy atom. The van der Waals surface area contributed by atoms with Gasteiger partial charge in [-0.2, -0.15) is 5.26 Å². The van der Waals surface area contributed by atoms with Gasteiger partial charge in [-0.3, -0.25) is 4.90 Å². The third kappa shape index (κ3) is 3.45. The highest BCUT2D eigenvalue weighted by Gasteiger charge is 2.28. The number of nitrogens with zero attached hydrogens (tertiary/aromatic N) is 3. The first-order valence-corrected chi connectivity index (χ1v) is 5.62. The van der Waals surface area contributed by atoms with Crippen molar-refractivity contribution >= 4 is 0 Å². The van der Waals surface area contributed by atoms with Crippen LogP contribution in [0.4, 0.5) is 0 Å². The Balaban J connectivity index is 2.44. The van der Waals surface area contributed by atoms with E-state index in [1.165, 1.54) is 0 Å². The minimum absolute atomic E-state index is 0.0151. The van der Waals surface area contributed by atoms with Gasteiger partial charge in [-0.15, -0.1) is 0 Å². The van der Waals surface area contributed by atoms with Crippen molar-refractivity contribution in [3.8, 4) is 6.07 Å². The lowest BCUT2D eigenvalue weighted by atomic mass is 10.1. The Hall–Kier alpha value is -0.630. The Kier molecular flexibility index (Phi) is 5.03. The van der Waals surface area contributed by atoms with E-state index >= 15 is 0 Å². The van der Waals surface area contributed by atoms with E-state index in [2.05, 4.69) is 29.7 Å². The molecule has 0 aromatic rings. The Morgan fingerprint density at radius 2 is 1.93 bits per heavy atom. The predicted molar refractivity (Wildman–Crippen MR) is 57.9 cm³/mol.